The highest BCUT2D eigenvalue weighted by Crippen LogP contribution is 2.45. The number of nitrogens with one attached hydrogen (secondary N) is 3. The molecule has 4 rings (SSSR count). The van der Waals surface area contributed by atoms with Crippen molar-refractivity contribution in [1.82, 2.24) is 20.5 Å². The number of carboxylic acid groups (broad SMARTS) is 1. The Morgan fingerprint density at radius 3 is 2.67 bits per heavy atom. The second kappa shape index (κ2) is 8.71. The van der Waals surface area contributed by atoms with E-state index in [4.69, 9.17) is 4.74 Å². The van der Waals surface area contributed by atoms with E-state index in [-0.39, 0.29) is 11.3 Å². The molecule has 2 saturated heterocycles. The molecule has 1 aromatic heterocycles. The average molecular weight is 475 g/mol. The maximum absolute atomic E-state index is 13.0. The maximum Gasteiger partial charge on any atom is 0.408 e. The number of amides is 2. The van der Waals surface area contributed by atoms with Crippen molar-refractivity contribution in [3.05, 3.63) is 51.1 Å². The van der Waals surface area contributed by atoms with Crippen molar-refractivity contribution in [2.24, 2.45) is 0 Å². The minimum atomic E-state index is -1.23. The lowest BCUT2D eigenvalue weighted by atomic mass is 9.90. The number of hydrogen-bond acceptors (Lipinski definition) is 7. The minimum Gasteiger partial charge on any atom is -0.477 e. The highest BCUT2D eigenvalue weighted by Gasteiger charge is 2.55. The molecule has 0 unspecified atom stereocenters. The monoisotopic (exact) mass is 474 g/mol. The molecule has 2 atom stereocenters. The number of fused-ring (bicyclic) bond motifs is 1. The fourth-order valence-corrected chi connectivity index (χ4v) is 5.57. The molecule has 11 heteroatoms. The van der Waals surface area contributed by atoms with Gasteiger partial charge in [0.25, 0.3) is 5.91 Å². The first kappa shape index (κ1) is 23.1. The van der Waals surface area contributed by atoms with Crippen LogP contribution >= 0.6 is 11.8 Å². The van der Waals surface area contributed by atoms with Crippen LogP contribution in [0.1, 0.15) is 32.8 Å². The van der Waals surface area contributed by atoms with Crippen molar-refractivity contribution in [1.29, 1.82) is 0 Å². The van der Waals surface area contributed by atoms with E-state index in [1.165, 1.54) is 28.9 Å². The number of β-lactam (4-membered cyclic amide) rings is 1. The zero-order valence-corrected chi connectivity index (χ0v) is 19.4. The van der Waals surface area contributed by atoms with Crippen LogP contribution in [-0.4, -0.2) is 68.8 Å². The molecule has 1 aromatic rings. The molecule has 0 aliphatic carbocycles. The minimum absolute atomic E-state index is 0.110. The van der Waals surface area contributed by atoms with Crippen LogP contribution in [0.4, 0.5) is 4.79 Å². The summed E-state index contributed by atoms with van der Waals surface area (Å²) in [7, 11) is 0. The number of carboxylic acids is 1. The number of rotatable bonds is 4. The van der Waals surface area contributed by atoms with Crippen LogP contribution in [0, 0.1) is 0 Å². The summed E-state index contributed by atoms with van der Waals surface area (Å²) >= 11 is 1.37. The van der Waals surface area contributed by atoms with Crippen LogP contribution in [0.2, 0.25) is 0 Å². The summed E-state index contributed by atoms with van der Waals surface area (Å²) < 4.78 is 5.24. The molecule has 0 saturated carbocycles. The number of hydrogen-bond donors (Lipinski definition) is 4. The Morgan fingerprint density at radius 2 is 2.06 bits per heavy atom. The largest absolute Gasteiger partial charge is 0.477 e. The first-order valence-electron chi connectivity index (χ1n) is 10.6. The van der Waals surface area contributed by atoms with Gasteiger partial charge in [-0.25, -0.2) is 9.59 Å². The van der Waals surface area contributed by atoms with Gasteiger partial charge in [0, 0.05) is 30.1 Å². The van der Waals surface area contributed by atoms with Gasteiger partial charge in [-0.15, -0.1) is 11.8 Å². The Balaban J connectivity index is 1.71. The van der Waals surface area contributed by atoms with Gasteiger partial charge in [-0.1, -0.05) is 0 Å². The van der Waals surface area contributed by atoms with E-state index in [0.717, 1.165) is 12.1 Å². The Hall–Kier alpha value is -3.05. The summed E-state index contributed by atoms with van der Waals surface area (Å²) in [5.41, 5.74) is 1.66. The summed E-state index contributed by atoms with van der Waals surface area (Å²) in [6.07, 6.45) is 1.51. The average Bonchev–Trinajstić information content (AvgIpc) is 3.24. The van der Waals surface area contributed by atoms with Gasteiger partial charge in [0.05, 0.1) is 0 Å². The summed E-state index contributed by atoms with van der Waals surface area (Å²) in [5.74, 6) is -1.42. The van der Waals surface area contributed by atoms with Gasteiger partial charge in [0.1, 0.15) is 22.7 Å². The number of aromatic nitrogens is 1. The molecule has 10 nitrogen and oxygen atoms in total. The Kier molecular flexibility index (Phi) is 6.10. The van der Waals surface area contributed by atoms with E-state index in [9.17, 15) is 24.3 Å². The quantitative estimate of drug-likeness (QED) is 0.478. The normalized spacial score (nSPS) is 24.2. The third-order valence-corrected chi connectivity index (χ3v) is 6.78. The molecular weight excluding hydrogens is 448 g/mol. The molecule has 4 heterocycles. The van der Waals surface area contributed by atoms with Crippen LogP contribution in [0.3, 0.4) is 0 Å². The second-order valence-corrected chi connectivity index (χ2v) is 10.1. The van der Waals surface area contributed by atoms with Crippen molar-refractivity contribution in [2.75, 3.05) is 18.8 Å². The number of H-pyrrole nitrogens is 1. The first-order valence-corrected chi connectivity index (χ1v) is 11.6. The molecule has 4 N–H and O–H groups in total. The number of nitrogens with zero attached hydrogens (tertiary/aromatic N) is 1. The second-order valence-electron chi connectivity index (χ2n) is 9.01. The maximum atomic E-state index is 13.0. The summed E-state index contributed by atoms with van der Waals surface area (Å²) in [6.45, 7) is 6.48. The topological polar surface area (TPSA) is 141 Å². The SMILES string of the molecule is CC(C)(C)OC(=O)N[C@@H]1C(=O)N2C(C(=O)O)=C(/C(=C3\CCNC3)c3cc[nH]c(=O)c3)CS[C@H]12. The van der Waals surface area contributed by atoms with Crippen molar-refractivity contribution in [3.63, 3.8) is 0 Å². The molecule has 0 spiro atoms. The van der Waals surface area contributed by atoms with Crippen LogP contribution < -0.4 is 16.2 Å². The molecular formula is C22H26N4O6S. The third kappa shape index (κ3) is 4.55. The van der Waals surface area contributed by atoms with Gasteiger partial charge in [-0.3, -0.25) is 14.5 Å². The molecule has 0 bridgehead atoms. The molecule has 176 valence electrons. The van der Waals surface area contributed by atoms with Gasteiger partial charge in [-0.2, -0.15) is 0 Å². The third-order valence-electron chi connectivity index (χ3n) is 5.50. The molecule has 3 aliphatic rings. The highest BCUT2D eigenvalue weighted by atomic mass is 32.2. The number of aromatic amines is 1. The van der Waals surface area contributed by atoms with Crippen LogP contribution in [0.15, 0.2) is 40.0 Å². The Bertz CT molecular complexity index is 1120. The van der Waals surface area contributed by atoms with Crippen molar-refractivity contribution >= 4 is 35.3 Å². The lowest BCUT2D eigenvalue weighted by Gasteiger charge is -2.49. The summed E-state index contributed by atoms with van der Waals surface area (Å²) in [4.78, 5) is 53.3. The lowest BCUT2D eigenvalue weighted by Crippen LogP contribution is -2.70. The predicted molar refractivity (Wildman–Crippen MR) is 122 cm³/mol. The van der Waals surface area contributed by atoms with E-state index >= 15 is 0 Å². The van der Waals surface area contributed by atoms with Crippen LogP contribution in [0.5, 0.6) is 0 Å². The molecule has 33 heavy (non-hydrogen) atoms. The van der Waals surface area contributed by atoms with Crippen molar-refractivity contribution in [2.45, 2.75) is 44.2 Å². The standard InChI is InChI=1S/C22H26N4O6S/c1-22(2,3)32-21(31)25-16-18(28)26-17(20(29)30)13(10-33-19(16)26)15(12-4-6-23-9-12)11-5-7-24-14(27)8-11/h5,7-8,16,19,23H,4,6,9-10H2,1-3H3,(H,24,27)(H,25,31)(H,29,30)/b15-12+/t16-,19-/m1/s1. The number of thioether (sulfide) groups is 1. The number of carbonyl (C=O) groups is 3. The van der Waals surface area contributed by atoms with E-state index in [2.05, 4.69) is 15.6 Å². The Labute approximate surface area is 194 Å². The number of ether oxygens (including phenoxy) is 1. The van der Waals surface area contributed by atoms with E-state index in [0.29, 0.717) is 35.4 Å². The lowest BCUT2D eigenvalue weighted by molar-refractivity contribution is -0.149. The van der Waals surface area contributed by atoms with Crippen LogP contribution in [0.25, 0.3) is 5.57 Å². The first-order chi connectivity index (χ1) is 15.6. The summed E-state index contributed by atoms with van der Waals surface area (Å²) in [6, 6.07) is 2.30. The van der Waals surface area contributed by atoms with Crippen molar-refractivity contribution < 1.29 is 24.2 Å². The van der Waals surface area contributed by atoms with E-state index < -0.39 is 35.0 Å². The number of pyridine rings is 1. The van der Waals surface area contributed by atoms with E-state index in [1.807, 2.05) is 0 Å². The molecule has 2 amide bonds. The van der Waals surface area contributed by atoms with Gasteiger partial charge >= 0.3 is 12.1 Å². The summed E-state index contributed by atoms with van der Waals surface area (Å²) in [5, 5.41) is 15.3. The number of alkyl carbamates (subject to hydrolysis) is 1. The number of aliphatic carboxylic acids is 1. The molecule has 2 fully saturated rings. The smallest absolute Gasteiger partial charge is 0.408 e. The van der Waals surface area contributed by atoms with Gasteiger partial charge in [0.15, 0.2) is 0 Å². The Morgan fingerprint density at radius 1 is 1.30 bits per heavy atom. The molecule has 0 radical (unpaired) electrons. The highest BCUT2D eigenvalue weighted by molar-refractivity contribution is 8.00. The number of carbonyl (C=O) groups excluding carboxylic acids is 2. The van der Waals surface area contributed by atoms with Gasteiger partial charge in [-0.05, 0) is 56.5 Å². The molecule has 3 aliphatic heterocycles. The van der Waals surface area contributed by atoms with E-state index in [1.54, 1.807) is 26.8 Å². The zero-order chi connectivity index (χ0) is 23.9. The fraction of sp³-hybridized carbons (Fsp3) is 0.455. The molecule has 0 aromatic carbocycles. The van der Waals surface area contributed by atoms with Gasteiger partial charge in [0.2, 0.25) is 5.56 Å². The van der Waals surface area contributed by atoms with Gasteiger partial charge < -0.3 is 25.5 Å². The van der Waals surface area contributed by atoms with Crippen LogP contribution in [-0.2, 0) is 14.3 Å². The van der Waals surface area contributed by atoms with Crippen molar-refractivity contribution in [3.8, 4) is 0 Å². The zero-order valence-electron chi connectivity index (χ0n) is 18.6. The fourth-order valence-electron chi connectivity index (χ4n) is 4.22. The number of allylic oxidation sites excluding steroid dienone is 1. The predicted octanol–water partition coefficient (Wildman–Crippen LogP) is 1.27.